The molecule has 1 amide bonds. The molecule has 1 saturated carbocycles. The molecule has 2 rings (SSSR count). The molecule has 2 unspecified atom stereocenters. The number of hydrogen-bond acceptors (Lipinski definition) is 4. The molecule has 2 N–H and O–H groups in total. The van der Waals surface area contributed by atoms with E-state index in [9.17, 15) is 9.59 Å². The molecule has 1 heterocycles. The van der Waals surface area contributed by atoms with Crippen LogP contribution < -0.4 is 5.32 Å². The monoisotopic (exact) mass is 284 g/mol. The standard InChI is InChI=1S/C14H24N2O4/c17-13(16-6-8-20-9-7-16)4-5-15-12-3-1-2-11(10-12)14(18)19/h11-12,15H,1-10H2,(H,18,19). The van der Waals surface area contributed by atoms with Crippen LogP contribution in [0.4, 0.5) is 0 Å². The third-order valence-electron chi connectivity index (χ3n) is 4.16. The fourth-order valence-electron chi connectivity index (χ4n) is 2.95. The van der Waals surface area contributed by atoms with Gasteiger partial charge in [-0.2, -0.15) is 0 Å². The summed E-state index contributed by atoms with van der Waals surface area (Å²) in [5.41, 5.74) is 0. The summed E-state index contributed by atoms with van der Waals surface area (Å²) in [5.74, 6) is -0.761. The Morgan fingerprint density at radius 3 is 2.70 bits per heavy atom. The summed E-state index contributed by atoms with van der Waals surface area (Å²) in [4.78, 5) is 24.8. The lowest BCUT2D eigenvalue weighted by Crippen LogP contribution is -2.43. The Hall–Kier alpha value is -1.14. The van der Waals surface area contributed by atoms with Gasteiger partial charge in [-0.15, -0.1) is 0 Å². The van der Waals surface area contributed by atoms with Gasteiger partial charge in [0.05, 0.1) is 19.1 Å². The third-order valence-corrected chi connectivity index (χ3v) is 4.16. The largest absolute Gasteiger partial charge is 0.481 e. The zero-order chi connectivity index (χ0) is 14.4. The first-order chi connectivity index (χ1) is 9.66. The van der Waals surface area contributed by atoms with Crippen molar-refractivity contribution in [3.8, 4) is 0 Å². The molecule has 1 aliphatic heterocycles. The molecule has 20 heavy (non-hydrogen) atoms. The first-order valence-electron chi connectivity index (χ1n) is 7.48. The van der Waals surface area contributed by atoms with Crippen LogP contribution >= 0.6 is 0 Å². The van der Waals surface area contributed by atoms with Crippen molar-refractivity contribution < 1.29 is 19.4 Å². The quantitative estimate of drug-likeness (QED) is 0.767. The maximum atomic E-state index is 11.9. The number of ether oxygens (including phenoxy) is 1. The SMILES string of the molecule is O=C(O)C1CCCC(NCCC(=O)N2CCOCC2)C1. The van der Waals surface area contributed by atoms with E-state index in [1.165, 1.54) is 0 Å². The van der Waals surface area contributed by atoms with Crippen LogP contribution in [0.1, 0.15) is 32.1 Å². The molecule has 6 heteroatoms. The van der Waals surface area contributed by atoms with Crippen LogP contribution in [0.25, 0.3) is 0 Å². The summed E-state index contributed by atoms with van der Waals surface area (Å²) in [5, 5.41) is 12.4. The van der Waals surface area contributed by atoms with Crippen LogP contribution in [0.5, 0.6) is 0 Å². The van der Waals surface area contributed by atoms with E-state index in [4.69, 9.17) is 9.84 Å². The average molecular weight is 284 g/mol. The van der Waals surface area contributed by atoms with Crippen molar-refractivity contribution in [3.05, 3.63) is 0 Å². The number of carboxylic acids is 1. The van der Waals surface area contributed by atoms with Gasteiger partial charge in [0.25, 0.3) is 0 Å². The highest BCUT2D eigenvalue weighted by Gasteiger charge is 2.26. The van der Waals surface area contributed by atoms with E-state index in [2.05, 4.69) is 5.32 Å². The Kier molecular flexibility index (Phi) is 5.79. The molecule has 0 aromatic carbocycles. The van der Waals surface area contributed by atoms with Crippen molar-refractivity contribution in [2.75, 3.05) is 32.8 Å². The van der Waals surface area contributed by atoms with Gasteiger partial charge in [0.2, 0.25) is 5.91 Å². The normalized spacial score (nSPS) is 27.3. The van der Waals surface area contributed by atoms with E-state index in [1.54, 1.807) is 0 Å². The molecule has 1 aliphatic carbocycles. The van der Waals surface area contributed by atoms with Crippen molar-refractivity contribution in [3.63, 3.8) is 0 Å². The minimum absolute atomic E-state index is 0.159. The molecule has 0 radical (unpaired) electrons. The topological polar surface area (TPSA) is 78.9 Å². The predicted molar refractivity (Wildman–Crippen MR) is 73.4 cm³/mol. The number of hydrogen-bond donors (Lipinski definition) is 2. The summed E-state index contributed by atoms with van der Waals surface area (Å²) in [6.07, 6.45) is 3.90. The molecule has 0 aromatic rings. The molecule has 2 fully saturated rings. The maximum absolute atomic E-state index is 11.9. The lowest BCUT2D eigenvalue weighted by molar-refractivity contribution is -0.143. The zero-order valence-corrected chi connectivity index (χ0v) is 11.8. The number of nitrogens with one attached hydrogen (secondary N) is 1. The summed E-state index contributed by atoms with van der Waals surface area (Å²) in [6, 6.07) is 0.238. The van der Waals surface area contributed by atoms with E-state index in [-0.39, 0.29) is 17.9 Å². The van der Waals surface area contributed by atoms with Crippen LogP contribution in [0, 0.1) is 5.92 Å². The Morgan fingerprint density at radius 1 is 1.25 bits per heavy atom. The van der Waals surface area contributed by atoms with Gasteiger partial charge in [0.1, 0.15) is 0 Å². The Bertz CT molecular complexity index is 342. The highest BCUT2D eigenvalue weighted by atomic mass is 16.5. The average Bonchev–Trinajstić information content (AvgIpc) is 2.48. The lowest BCUT2D eigenvalue weighted by Gasteiger charge is -2.29. The van der Waals surface area contributed by atoms with Gasteiger partial charge in [-0.1, -0.05) is 6.42 Å². The number of nitrogens with zero attached hydrogens (tertiary/aromatic N) is 1. The van der Waals surface area contributed by atoms with Crippen LogP contribution in [-0.4, -0.2) is 60.8 Å². The minimum Gasteiger partial charge on any atom is -0.481 e. The zero-order valence-electron chi connectivity index (χ0n) is 11.8. The highest BCUT2D eigenvalue weighted by Crippen LogP contribution is 2.24. The number of rotatable bonds is 5. The third kappa shape index (κ3) is 4.45. The number of carboxylic acid groups (broad SMARTS) is 1. The summed E-state index contributed by atoms with van der Waals surface area (Å²) in [6.45, 7) is 3.25. The summed E-state index contributed by atoms with van der Waals surface area (Å²) >= 11 is 0. The van der Waals surface area contributed by atoms with Crippen molar-refractivity contribution >= 4 is 11.9 Å². The van der Waals surface area contributed by atoms with E-state index >= 15 is 0 Å². The van der Waals surface area contributed by atoms with Crippen LogP contribution in [0.2, 0.25) is 0 Å². The number of morpholine rings is 1. The first kappa shape index (κ1) is 15.3. The van der Waals surface area contributed by atoms with E-state index < -0.39 is 5.97 Å². The number of aliphatic carboxylic acids is 1. The molecule has 0 bridgehead atoms. The van der Waals surface area contributed by atoms with Gasteiger partial charge in [-0.25, -0.2) is 0 Å². The molecule has 114 valence electrons. The highest BCUT2D eigenvalue weighted by molar-refractivity contribution is 5.76. The maximum Gasteiger partial charge on any atom is 0.306 e. The minimum atomic E-state index is -0.694. The second-order valence-electron chi connectivity index (χ2n) is 5.60. The number of carbonyl (C=O) groups excluding carboxylic acids is 1. The van der Waals surface area contributed by atoms with E-state index in [0.717, 1.165) is 19.3 Å². The first-order valence-corrected chi connectivity index (χ1v) is 7.48. The van der Waals surface area contributed by atoms with Gasteiger partial charge in [0, 0.05) is 32.1 Å². The molecule has 0 aromatic heterocycles. The Balaban J connectivity index is 1.64. The van der Waals surface area contributed by atoms with Crippen molar-refractivity contribution in [2.45, 2.75) is 38.1 Å². The van der Waals surface area contributed by atoms with Gasteiger partial charge in [0.15, 0.2) is 0 Å². The van der Waals surface area contributed by atoms with E-state index in [0.29, 0.717) is 45.7 Å². The molecule has 1 saturated heterocycles. The second kappa shape index (κ2) is 7.59. The van der Waals surface area contributed by atoms with Gasteiger partial charge >= 0.3 is 5.97 Å². The fraction of sp³-hybridized carbons (Fsp3) is 0.857. The smallest absolute Gasteiger partial charge is 0.306 e. The molecule has 6 nitrogen and oxygen atoms in total. The molecular formula is C14H24N2O4. The Labute approximate surface area is 119 Å². The van der Waals surface area contributed by atoms with Crippen LogP contribution in [0.3, 0.4) is 0 Å². The second-order valence-corrected chi connectivity index (χ2v) is 5.60. The van der Waals surface area contributed by atoms with Gasteiger partial charge in [-0.05, 0) is 19.3 Å². The molecule has 0 spiro atoms. The number of amides is 1. The molecule has 2 atom stereocenters. The fourth-order valence-corrected chi connectivity index (χ4v) is 2.95. The lowest BCUT2D eigenvalue weighted by atomic mass is 9.86. The number of carbonyl (C=O) groups is 2. The van der Waals surface area contributed by atoms with Crippen molar-refractivity contribution in [1.29, 1.82) is 0 Å². The molecular weight excluding hydrogens is 260 g/mol. The van der Waals surface area contributed by atoms with Gasteiger partial charge in [-0.3, -0.25) is 9.59 Å². The van der Waals surface area contributed by atoms with E-state index in [1.807, 2.05) is 4.90 Å². The Morgan fingerprint density at radius 2 is 2.00 bits per heavy atom. The van der Waals surface area contributed by atoms with Crippen LogP contribution in [0.15, 0.2) is 0 Å². The van der Waals surface area contributed by atoms with Gasteiger partial charge < -0.3 is 20.1 Å². The molecule has 2 aliphatic rings. The van der Waals surface area contributed by atoms with Crippen LogP contribution in [-0.2, 0) is 14.3 Å². The summed E-state index contributed by atoms with van der Waals surface area (Å²) in [7, 11) is 0. The van der Waals surface area contributed by atoms with Crippen molar-refractivity contribution in [1.82, 2.24) is 10.2 Å². The summed E-state index contributed by atoms with van der Waals surface area (Å²) < 4.78 is 5.22. The predicted octanol–water partition coefficient (Wildman–Crippen LogP) is 0.468. The van der Waals surface area contributed by atoms with Crippen molar-refractivity contribution in [2.24, 2.45) is 5.92 Å².